The first-order chi connectivity index (χ1) is 15.4. The predicted molar refractivity (Wildman–Crippen MR) is 123 cm³/mol. The number of amides is 1. The van der Waals surface area contributed by atoms with Gasteiger partial charge in [-0.1, -0.05) is 42.5 Å². The molecule has 0 saturated heterocycles. The third-order valence-corrected chi connectivity index (χ3v) is 6.48. The van der Waals surface area contributed by atoms with Crippen LogP contribution in [-0.2, 0) is 10.0 Å². The lowest BCUT2D eigenvalue weighted by molar-refractivity contribution is 0.102. The van der Waals surface area contributed by atoms with E-state index in [0.717, 1.165) is 11.3 Å². The zero-order valence-electron chi connectivity index (χ0n) is 17.3. The van der Waals surface area contributed by atoms with Gasteiger partial charge < -0.3 is 9.88 Å². The minimum absolute atomic E-state index is 0.0279. The van der Waals surface area contributed by atoms with Gasteiger partial charge in [-0.25, -0.2) is 18.1 Å². The minimum Gasteiger partial charge on any atom is -0.322 e. The van der Waals surface area contributed by atoms with Crippen molar-refractivity contribution in [1.82, 2.24) is 14.3 Å². The summed E-state index contributed by atoms with van der Waals surface area (Å²) in [7, 11) is -3.81. The molecular formula is C24H22N4O3S. The standard InChI is InChI=1S/C24H22N4O3S/c1-18(19-7-3-2-4-8-19)27-32(30,31)23-12-5-9-20(15-23)24(29)26-21-10-6-11-22(16-21)28-14-13-25-17-28/h2-18,27H,1H3,(H,26,29). The summed E-state index contributed by atoms with van der Waals surface area (Å²) in [5.74, 6) is -0.402. The minimum atomic E-state index is -3.81. The molecule has 0 radical (unpaired) electrons. The van der Waals surface area contributed by atoms with Crippen molar-refractivity contribution >= 4 is 21.6 Å². The van der Waals surface area contributed by atoms with Crippen LogP contribution < -0.4 is 10.0 Å². The molecule has 0 aliphatic rings. The van der Waals surface area contributed by atoms with Crippen molar-refractivity contribution < 1.29 is 13.2 Å². The molecule has 1 amide bonds. The fourth-order valence-electron chi connectivity index (χ4n) is 3.27. The first-order valence-corrected chi connectivity index (χ1v) is 11.5. The number of rotatable bonds is 7. The largest absolute Gasteiger partial charge is 0.322 e. The van der Waals surface area contributed by atoms with Gasteiger partial charge in [-0.2, -0.15) is 0 Å². The molecule has 2 N–H and O–H groups in total. The lowest BCUT2D eigenvalue weighted by atomic mass is 10.1. The first-order valence-electron chi connectivity index (χ1n) is 9.99. The predicted octanol–water partition coefficient (Wildman–Crippen LogP) is 4.16. The summed E-state index contributed by atoms with van der Waals surface area (Å²) in [4.78, 5) is 16.8. The Bertz CT molecular complexity index is 1320. The highest BCUT2D eigenvalue weighted by Gasteiger charge is 2.20. The first kappa shape index (κ1) is 21.5. The zero-order chi connectivity index (χ0) is 22.6. The number of benzene rings is 3. The Labute approximate surface area is 186 Å². The second-order valence-electron chi connectivity index (χ2n) is 7.26. The SMILES string of the molecule is CC(NS(=O)(=O)c1cccc(C(=O)Nc2cccc(-n3ccnc3)c2)c1)c1ccccc1. The van der Waals surface area contributed by atoms with Gasteiger partial charge in [0.1, 0.15) is 0 Å². The number of anilines is 1. The molecule has 1 aromatic heterocycles. The van der Waals surface area contributed by atoms with Gasteiger partial charge in [0, 0.05) is 35.4 Å². The Hall–Kier alpha value is -3.75. The Morgan fingerprint density at radius 2 is 1.75 bits per heavy atom. The van der Waals surface area contributed by atoms with Gasteiger partial charge >= 0.3 is 0 Å². The van der Waals surface area contributed by atoms with E-state index in [9.17, 15) is 13.2 Å². The number of carbonyl (C=O) groups is 1. The Morgan fingerprint density at radius 1 is 0.969 bits per heavy atom. The number of hydrogen-bond donors (Lipinski definition) is 2. The quantitative estimate of drug-likeness (QED) is 0.446. The molecule has 8 heteroatoms. The van der Waals surface area contributed by atoms with Crippen LogP contribution in [-0.4, -0.2) is 23.9 Å². The third kappa shape index (κ3) is 4.93. The van der Waals surface area contributed by atoms with Crippen LogP contribution in [0.5, 0.6) is 0 Å². The van der Waals surface area contributed by atoms with Crippen molar-refractivity contribution in [3.05, 3.63) is 109 Å². The molecule has 4 rings (SSSR count). The molecule has 1 atom stereocenters. The molecule has 1 heterocycles. The molecule has 0 saturated carbocycles. The maximum atomic E-state index is 12.9. The molecule has 0 bridgehead atoms. The second kappa shape index (κ2) is 9.17. The summed E-state index contributed by atoms with van der Waals surface area (Å²) in [6.07, 6.45) is 5.14. The van der Waals surface area contributed by atoms with E-state index in [2.05, 4.69) is 15.0 Å². The van der Waals surface area contributed by atoms with E-state index in [1.54, 1.807) is 43.8 Å². The highest BCUT2D eigenvalue weighted by molar-refractivity contribution is 7.89. The fourth-order valence-corrected chi connectivity index (χ4v) is 4.55. The maximum absolute atomic E-state index is 12.9. The number of aromatic nitrogens is 2. The molecule has 7 nitrogen and oxygen atoms in total. The van der Waals surface area contributed by atoms with Gasteiger partial charge in [0.05, 0.1) is 11.2 Å². The van der Waals surface area contributed by atoms with E-state index in [1.807, 2.05) is 53.1 Å². The topological polar surface area (TPSA) is 93.1 Å². The molecule has 32 heavy (non-hydrogen) atoms. The van der Waals surface area contributed by atoms with Crippen LogP contribution in [0.2, 0.25) is 0 Å². The van der Waals surface area contributed by atoms with Crippen LogP contribution in [0, 0.1) is 0 Å². The van der Waals surface area contributed by atoms with Crippen LogP contribution in [0.1, 0.15) is 28.9 Å². The molecule has 1 unspecified atom stereocenters. The summed E-state index contributed by atoms with van der Waals surface area (Å²) < 4.78 is 30.2. The van der Waals surface area contributed by atoms with Gasteiger partial charge in [0.2, 0.25) is 10.0 Å². The van der Waals surface area contributed by atoms with E-state index >= 15 is 0 Å². The molecule has 0 aliphatic heterocycles. The van der Waals surface area contributed by atoms with Crippen LogP contribution in [0.4, 0.5) is 5.69 Å². The highest BCUT2D eigenvalue weighted by atomic mass is 32.2. The summed E-state index contributed by atoms with van der Waals surface area (Å²) in [6, 6.07) is 22.1. The third-order valence-electron chi connectivity index (χ3n) is 4.94. The van der Waals surface area contributed by atoms with Crippen molar-refractivity contribution in [3.8, 4) is 5.69 Å². The summed E-state index contributed by atoms with van der Waals surface area (Å²) in [5.41, 5.74) is 2.53. The van der Waals surface area contributed by atoms with Crippen molar-refractivity contribution in [2.24, 2.45) is 0 Å². The normalized spacial score (nSPS) is 12.3. The Balaban J connectivity index is 1.51. The van der Waals surface area contributed by atoms with Crippen molar-refractivity contribution in [2.45, 2.75) is 17.9 Å². The van der Waals surface area contributed by atoms with E-state index in [4.69, 9.17) is 0 Å². The van der Waals surface area contributed by atoms with Crippen LogP contribution >= 0.6 is 0 Å². The van der Waals surface area contributed by atoms with E-state index in [-0.39, 0.29) is 10.5 Å². The fraction of sp³-hybridized carbons (Fsp3) is 0.0833. The molecule has 162 valence electrons. The maximum Gasteiger partial charge on any atom is 0.255 e. The zero-order valence-corrected chi connectivity index (χ0v) is 18.2. The molecule has 3 aromatic carbocycles. The van der Waals surface area contributed by atoms with Gasteiger partial charge in [0.25, 0.3) is 5.91 Å². The van der Waals surface area contributed by atoms with Crippen LogP contribution in [0.3, 0.4) is 0 Å². The Morgan fingerprint density at radius 3 is 2.50 bits per heavy atom. The number of nitrogens with one attached hydrogen (secondary N) is 2. The molecule has 0 aliphatic carbocycles. The monoisotopic (exact) mass is 446 g/mol. The molecule has 4 aromatic rings. The average Bonchev–Trinajstić information content (AvgIpc) is 3.35. The number of imidazole rings is 1. The van der Waals surface area contributed by atoms with Crippen molar-refractivity contribution in [3.63, 3.8) is 0 Å². The van der Waals surface area contributed by atoms with Gasteiger partial charge in [-0.15, -0.1) is 0 Å². The molecule has 0 spiro atoms. The van der Waals surface area contributed by atoms with E-state index in [0.29, 0.717) is 5.69 Å². The van der Waals surface area contributed by atoms with Crippen molar-refractivity contribution in [2.75, 3.05) is 5.32 Å². The second-order valence-corrected chi connectivity index (χ2v) is 8.97. The number of carbonyl (C=O) groups excluding carboxylic acids is 1. The molecular weight excluding hydrogens is 424 g/mol. The van der Waals surface area contributed by atoms with E-state index < -0.39 is 22.0 Å². The summed E-state index contributed by atoms with van der Waals surface area (Å²) in [5, 5.41) is 2.82. The number of hydrogen-bond acceptors (Lipinski definition) is 4. The van der Waals surface area contributed by atoms with Crippen LogP contribution in [0.15, 0.2) is 102 Å². The Kier molecular flexibility index (Phi) is 6.16. The number of sulfonamides is 1. The lowest BCUT2D eigenvalue weighted by Gasteiger charge is -2.15. The number of nitrogens with zero attached hydrogens (tertiary/aromatic N) is 2. The van der Waals surface area contributed by atoms with Gasteiger partial charge in [0.15, 0.2) is 0 Å². The summed E-state index contributed by atoms with van der Waals surface area (Å²) in [6.45, 7) is 1.77. The van der Waals surface area contributed by atoms with Gasteiger partial charge in [-0.05, 0) is 48.9 Å². The lowest BCUT2D eigenvalue weighted by Crippen LogP contribution is -2.27. The van der Waals surface area contributed by atoms with E-state index in [1.165, 1.54) is 12.1 Å². The van der Waals surface area contributed by atoms with Crippen molar-refractivity contribution in [1.29, 1.82) is 0 Å². The smallest absolute Gasteiger partial charge is 0.255 e. The molecule has 0 fully saturated rings. The summed E-state index contributed by atoms with van der Waals surface area (Å²) >= 11 is 0. The van der Waals surface area contributed by atoms with Gasteiger partial charge in [-0.3, -0.25) is 4.79 Å². The highest BCUT2D eigenvalue weighted by Crippen LogP contribution is 2.19. The average molecular weight is 447 g/mol. The van der Waals surface area contributed by atoms with Crippen LogP contribution in [0.25, 0.3) is 5.69 Å².